The van der Waals surface area contributed by atoms with Crippen molar-refractivity contribution in [2.45, 2.75) is 19.3 Å². The van der Waals surface area contributed by atoms with Crippen molar-refractivity contribution in [3.63, 3.8) is 0 Å². The van der Waals surface area contributed by atoms with Gasteiger partial charge < -0.3 is 15.2 Å². The average molecular weight is 540 g/mol. The number of pyridine rings is 2. The number of halogens is 2. The van der Waals surface area contributed by atoms with Crippen molar-refractivity contribution in [3.05, 3.63) is 52.6 Å². The van der Waals surface area contributed by atoms with Crippen LogP contribution in [-0.4, -0.2) is 53.1 Å². The number of rotatable bonds is 9. The Bertz CT molecular complexity index is 1440. The molecule has 3 N–H and O–H groups in total. The summed E-state index contributed by atoms with van der Waals surface area (Å²) in [6.45, 7) is -0.0186. The lowest BCUT2D eigenvalue weighted by molar-refractivity contribution is 0.102. The van der Waals surface area contributed by atoms with E-state index < -0.39 is 18.0 Å². The van der Waals surface area contributed by atoms with Crippen LogP contribution < -0.4 is 20.5 Å². The van der Waals surface area contributed by atoms with Crippen LogP contribution in [-0.2, 0) is 0 Å². The van der Waals surface area contributed by atoms with Crippen molar-refractivity contribution in [2.75, 3.05) is 26.1 Å². The molecule has 0 aliphatic heterocycles. The van der Waals surface area contributed by atoms with Crippen molar-refractivity contribution >= 4 is 28.6 Å². The number of nitrogens with two attached hydrogens (primary N) is 1. The van der Waals surface area contributed by atoms with Gasteiger partial charge in [0, 0.05) is 48.3 Å². The molecule has 0 atom stereocenters. The number of ether oxygens (including phenoxy) is 2. The maximum atomic E-state index is 13.5. The van der Waals surface area contributed by atoms with Gasteiger partial charge in [0.25, 0.3) is 12.3 Å². The molecule has 1 aliphatic rings. The Balaban J connectivity index is 1.68. The number of anilines is 1. The van der Waals surface area contributed by atoms with Gasteiger partial charge in [-0.1, -0.05) is 17.3 Å². The molecular weight excluding hydrogens is 516 g/mol. The SMILES string of the molecule is CN=CC=C(N)COc1cc(-c2cc(C(F)F)ncc2OC)c(C(=O)Nc2nnc(C#CC3CC3)s2)cn1. The van der Waals surface area contributed by atoms with Crippen LogP contribution in [0.3, 0.4) is 0 Å². The summed E-state index contributed by atoms with van der Waals surface area (Å²) in [5.41, 5.74) is 6.26. The van der Waals surface area contributed by atoms with Crippen molar-refractivity contribution in [1.29, 1.82) is 0 Å². The predicted molar refractivity (Wildman–Crippen MR) is 139 cm³/mol. The number of nitrogens with one attached hydrogen (secondary N) is 1. The highest BCUT2D eigenvalue weighted by Crippen LogP contribution is 2.36. The fourth-order valence-electron chi connectivity index (χ4n) is 3.13. The van der Waals surface area contributed by atoms with Gasteiger partial charge in [0.15, 0.2) is 5.01 Å². The highest BCUT2D eigenvalue weighted by atomic mass is 32.1. The fraction of sp³-hybridized carbons (Fsp3) is 0.280. The van der Waals surface area contributed by atoms with E-state index in [1.54, 1.807) is 13.1 Å². The Labute approximate surface area is 221 Å². The van der Waals surface area contributed by atoms with Crippen molar-refractivity contribution in [3.8, 4) is 34.6 Å². The Hall–Kier alpha value is -4.44. The Morgan fingerprint density at radius 3 is 2.82 bits per heavy atom. The molecule has 13 heteroatoms. The molecular formula is C25H23F2N7O3S. The summed E-state index contributed by atoms with van der Waals surface area (Å²) in [5.74, 6) is 6.12. The minimum Gasteiger partial charge on any atom is -0.494 e. The molecule has 38 heavy (non-hydrogen) atoms. The summed E-state index contributed by atoms with van der Waals surface area (Å²) in [6.07, 6.45) is 4.82. The molecule has 0 saturated heterocycles. The third-order valence-electron chi connectivity index (χ3n) is 5.18. The van der Waals surface area contributed by atoms with Gasteiger partial charge in [0.2, 0.25) is 11.0 Å². The molecule has 0 unspecified atom stereocenters. The lowest BCUT2D eigenvalue weighted by Gasteiger charge is -2.15. The van der Waals surface area contributed by atoms with E-state index in [0.717, 1.165) is 30.2 Å². The third kappa shape index (κ3) is 6.86. The van der Waals surface area contributed by atoms with Gasteiger partial charge in [-0.05, 0) is 30.9 Å². The Morgan fingerprint density at radius 2 is 2.11 bits per heavy atom. The summed E-state index contributed by atoms with van der Waals surface area (Å²) in [5, 5.41) is 11.3. The fourth-order valence-corrected chi connectivity index (χ4v) is 3.73. The zero-order valence-electron chi connectivity index (χ0n) is 20.4. The molecule has 1 saturated carbocycles. The number of aliphatic imine (C=N–C) groups is 1. The maximum absolute atomic E-state index is 13.5. The molecule has 3 heterocycles. The summed E-state index contributed by atoms with van der Waals surface area (Å²) >= 11 is 1.12. The summed E-state index contributed by atoms with van der Waals surface area (Å²) in [7, 11) is 2.97. The first kappa shape index (κ1) is 26.6. The quantitative estimate of drug-likeness (QED) is 0.309. The highest BCUT2D eigenvalue weighted by molar-refractivity contribution is 7.15. The van der Waals surface area contributed by atoms with Crippen LogP contribution in [0.2, 0.25) is 0 Å². The molecule has 4 rings (SSSR count). The van der Waals surface area contributed by atoms with Crippen LogP contribution in [0.1, 0.15) is 40.3 Å². The summed E-state index contributed by atoms with van der Waals surface area (Å²) in [6, 6.07) is 2.59. The topological polar surface area (TPSA) is 138 Å². The lowest BCUT2D eigenvalue weighted by atomic mass is 10.00. The highest BCUT2D eigenvalue weighted by Gasteiger charge is 2.22. The van der Waals surface area contributed by atoms with Crippen LogP contribution in [0, 0.1) is 17.8 Å². The average Bonchev–Trinajstić information content (AvgIpc) is 3.66. The second kappa shape index (κ2) is 12.2. The standard InChI is InChI=1S/C25H23F2N7O3S/c1-29-8-7-15(28)13-37-21-10-16(17-9-19(23(26)27)30-12-20(17)36-2)18(11-31-21)24(35)32-25-34-33-22(38-25)6-5-14-3-4-14/h7-12,14,23H,3-4,13,28H2,1-2H3,(H,32,34,35). The molecule has 1 fully saturated rings. The molecule has 1 amide bonds. The zero-order chi connectivity index (χ0) is 27.1. The molecule has 0 spiro atoms. The maximum Gasteiger partial charge on any atom is 0.280 e. The van der Waals surface area contributed by atoms with E-state index >= 15 is 0 Å². The smallest absolute Gasteiger partial charge is 0.280 e. The second-order valence-corrected chi connectivity index (χ2v) is 9.00. The normalized spacial score (nSPS) is 13.3. The third-order valence-corrected chi connectivity index (χ3v) is 5.93. The van der Waals surface area contributed by atoms with Gasteiger partial charge in [-0.15, -0.1) is 10.2 Å². The first-order valence-electron chi connectivity index (χ1n) is 11.4. The van der Waals surface area contributed by atoms with Crippen LogP contribution in [0.5, 0.6) is 11.6 Å². The first-order valence-corrected chi connectivity index (χ1v) is 12.2. The van der Waals surface area contributed by atoms with Crippen LogP contribution in [0.15, 0.2) is 41.3 Å². The molecule has 196 valence electrons. The van der Waals surface area contributed by atoms with Gasteiger partial charge in [-0.3, -0.25) is 20.1 Å². The number of hydrogen-bond donors (Lipinski definition) is 2. The number of alkyl halides is 2. The number of hydrogen-bond acceptors (Lipinski definition) is 10. The second-order valence-electron chi connectivity index (χ2n) is 8.03. The Morgan fingerprint density at radius 1 is 1.29 bits per heavy atom. The largest absolute Gasteiger partial charge is 0.494 e. The monoisotopic (exact) mass is 539 g/mol. The molecule has 0 radical (unpaired) electrons. The molecule has 1 aliphatic carbocycles. The van der Waals surface area contributed by atoms with Crippen molar-refractivity contribution in [1.82, 2.24) is 20.2 Å². The minimum absolute atomic E-state index is 0.0186. The van der Waals surface area contributed by atoms with Gasteiger partial charge in [0.1, 0.15) is 18.1 Å². The molecule has 0 bridgehead atoms. The number of carbonyl (C=O) groups excluding carboxylic acids is 1. The van der Waals surface area contributed by atoms with Gasteiger partial charge in [-0.25, -0.2) is 13.8 Å². The van der Waals surface area contributed by atoms with Gasteiger partial charge in [-0.2, -0.15) is 0 Å². The van der Waals surface area contributed by atoms with Gasteiger partial charge in [0.05, 0.1) is 18.9 Å². The van der Waals surface area contributed by atoms with E-state index in [9.17, 15) is 13.6 Å². The molecule has 0 aromatic carbocycles. The van der Waals surface area contributed by atoms with Crippen LogP contribution in [0.4, 0.5) is 13.9 Å². The van der Waals surface area contributed by atoms with E-state index in [1.807, 2.05) is 0 Å². The van der Waals surface area contributed by atoms with E-state index in [0.29, 0.717) is 16.6 Å². The Kier molecular flexibility index (Phi) is 8.55. The number of carbonyl (C=O) groups is 1. The number of aromatic nitrogens is 4. The summed E-state index contributed by atoms with van der Waals surface area (Å²) < 4.78 is 38.0. The number of methoxy groups -OCH3 is 1. The van der Waals surface area contributed by atoms with Crippen LogP contribution >= 0.6 is 11.3 Å². The number of allylic oxidation sites excluding steroid dienone is 1. The molecule has 3 aromatic rings. The minimum atomic E-state index is -2.84. The van der Waals surface area contributed by atoms with Crippen LogP contribution in [0.25, 0.3) is 11.1 Å². The van der Waals surface area contributed by atoms with Crippen molar-refractivity contribution < 1.29 is 23.0 Å². The molecule has 10 nitrogen and oxygen atoms in total. The first-order chi connectivity index (χ1) is 18.4. The summed E-state index contributed by atoms with van der Waals surface area (Å²) in [4.78, 5) is 25.0. The zero-order valence-corrected chi connectivity index (χ0v) is 21.3. The molecule has 3 aromatic heterocycles. The lowest BCUT2D eigenvalue weighted by Crippen LogP contribution is -2.15. The van der Waals surface area contributed by atoms with Crippen molar-refractivity contribution in [2.24, 2.45) is 16.6 Å². The van der Waals surface area contributed by atoms with E-state index in [1.165, 1.54) is 31.8 Å². The predicted octanol–water partition coefficient (Wildman–Crippen LogP) is 3.88. The number of nitrogens with zero attached hydrogens (tertiary/aromatic N) is 5. The van der Waals surface area contributed by atoms with E-state index in [2.05, 4.69) is 42.3 Å². The number of amides is 1. The van der Waals surface area contributed by atoms with Gasteiger partial charge >= 0.3 is 0 Å². The van der Waals surface area contributed by atoms with E-state index in [-0.39, 0.29) is 40.1 Å². The van der Waals surface area contributed by atoms with E-state index in [4.69, 9.17) is 15.2 Å².